The van der Waals surface area contributed by atoms with Gasteiger partial charge < -0.3 is 10.2 Å². The Hall–Kier alpha value is -2.43. The van der Waals surface area contributed by atoms with Crippen molar-refractivity contribution in [2.45, 2.75) is 33.6 Å². The Bertz CT molecular complexity index is 667. The van der Waals surface area contributed by atoms with Gasteiger partial charge in [-0.3, -0.25) is 4.79 Å². The van der Waals surface area contributed by atoms with Gasteiger partial charge in [0.1, 0.15) is 0 Å². The van der Waals surface area contributed by atoms with Crippen molar-refractivity contribution in [1.82, 2.24) is 15.1 Å². The van der Waals surface area contributed by atoms with E-state index in [1.54, 1.807) is 24.1 Å². The van der Waals surface area contributed by atoms with Gasteiger partial charge in [-0.15, -0.1) is 10.2 Å². The van der Waals surface area contributed by atoms with Crippen LogP contribution in [0.1, 0.15) is 41.4 Å². The third-order valence-electron chi connectivity index (χ3n) is 3.94. The van der Waals surface area contributed by atoms with E-state index in [9.17, 15) is 4.79 Å². The molecule has 2 rings (SSSR count). The van der Waals surface area contributed by atoms with Gasteiger partial charge in [0.25, 0.3) is 5.91 Å². The number of carbonyl (C=O) groups is 1. The lowest BCUT2D eigenvalue weighted by atomic mass is 10.1. The molecule has 1 aromatic heterocycles. The van der Waals surface area contributed by atoms with Crippen molar-refractivity contribution >= 4 is 17.4 Å². The quantitative estimate of drug-likeness (QED) is 0.883. The summed E-state index contributed by atoms with van der Waals surface area (Å²) in [6.45, 7) is 6.97. The second-order valence-corrected chi connectivity index (χ2v) is 5.76. The van der Waals surface area contributed by atoms with E-state index >= 15 is 0 Å². The normalized spacial score (nSPS) is 10.4. The second-order valence-electron chi connectivity index (χ2n) is 5.76. The van der Waals surface area contributed by atoms with Gasteiger partial charge in [-0.05, 0) is 49.6 Å². The van der Waals surface area contributed by atoms with Gasteiger partial charge in [0.15, 0.2) is 11.5 Å². The maximum Gasteiger partial charge on any atom is 0.274 e. The topological polar surface area (TPSA) is 58.1 Å². The average Bonchev–Trinajstić information content (AvgIpc) is 2.57. The van der Waals surface area contributed by atoms with Crippen LogP contribution in [-0.4, -0.2) is 34.6 Å². The molecule has 1 N–H and O–H groups in total. The van der Waals surface area contributed by atoms with E-state index in [0.29, 0.717) is 11.5 Å². The predicted octanol–water partition coefficient (Wildman–Crippen LogP) is 3.71. The largest absolute Gasteiger partial charge is 0.340 e. The summed E-state index contributed by atoms with van der Waals surface area (Å²) in [5.41, 5.74) is 3.76. The molecule has 0 saturated heterocycles. The number of nitrogens with one attached hydrogen (secondary N) is 1. The molecular weight excluding hydrogens is 288 g/mol. The maximum absolute atomic E-state index is 12.2. The first-order valence-corrected chi connectivity index (χ1v) is 7.95. The zero-order valence-electron chi connectivity index (χ0n) is 14.3. The minimum Gasteiger partial charge on any atom is -0.340 e. The molecule has 1 heterocycles. The molecule has 0 atom stereocenters. The van der Waals surface area contributed by atoms with Crippen LogP contribution in [0.3, 0.4) is 0 Å². The van der Waals surface area contributed by atoms with Crippen LogP contribution in [0.2, 0.25) is 0 Å². The van der Waals surface area contributed by atoms with Crippen LogP contribution in [0.25, 0.3) is 0 Å². The number of benzene rings is 1. The van der Waals surface area contributed by atoms with E-state index in [-0.39, 0.29) is 5.91 Å². The molecule has 1 aromatic carbocycles. The maximum atomic E-state index is 12.2. The van der Waals surface area contributed by atoms with Crippen molar-refractivity contribution < 1.29 is 4.79 Å². The van der Waals surface area contributed by atoms with E-state index < -0.39 is 0 Å². The molecule has 1 amide bonds. The number of unbranched alkanes of at least 4 members (excludes halogenated alkanes) is 1. The van der Waals surface area contributed by atoms with Crippen molar-refractivity contribution in [3.05, 3.63) is 47.2 Å². The van der Waals surface area contributed by atoms with E-state index in [1.165, 1.54) is 11.1 Å². The summed E-state index contributed by atoms with van der Waals surface area (Å²) in [6.07, 6.45) is 2.05. The smallest absolute Gasteiger partial charge is 0.274 e. The fraction of sp³-hybridized carbons (Fsp3) is 0.389. The number of aromatic nitrogens is 2. The molecule has 0 aliphatic heterocycles. The van der Waals surface area contributed by atoms with Gasteiger partial charge in [-0.25, -0.2) is 0 Å². The Morgan fingerprint density at radius 3 is 2.61 bits per heavy atom. The number of rotatable bonds is 6. The van der Waals surface area contributed by atoms with Crippen molar-refractivity contribution in [3.63, 3.8) is 0 Å². The third-order valence-corrected chi connectivity index (χ3v) is 3.94. The molecule has 0 radical (unpaired) electrons. The van der Waals surface area contributed by atoms with Crippen molar-refractivity contribution in [2.24, 2.45) is 0 Å². The Balaban J connectivity index is 2.07. The summed E-state index contributed by atoms with van der Waals surface area (Å²) in [4.78, 5) is 13.9. The van der Waals surface area contributed by atoms with Gasteiger partial charge in [0, 0.05) is 19.3 Å². The molecule has 0 spiro atoms. The van der Waals surface area contributed by atoms with Crippen molar-refractivity contribution in [3.8, 4) is 0 Å². The van der Waals surface area contributed by atoms with E-state index in [2.05, 4.69) is 42.4 Å². The number of hydrogen-bond donors (Lipinski definition) is 1. The highest BCUT2D eigenvalue weighted by Crippen LogP contribution is 2.21. The van der Waals surface area contributed by atoms with Crippen LogP contribution in [0.15, 0.2) is 30.3 Å². The Morgan fingerprint density at radius 1 is 1.17 bits per heavy atom. The summed E-state index contributed by atoms with van der Waals surface area (Å²) in [5.74, 6) is 0.538. The zero-order chi connectivity index (χ0) is 16.8. The van der Waals surface area contributed by atoms with Crippen LogP contribution < -0.4 is 5.32 Å². The van der Waals surface area contributed by atoms with Crippen molar-refractivity contribution in [2.75, 3.05) is 18.9 Å². The summed E-state index contributed by atoms with van der Waals surface area (Å²) in [6, 6.07) is 9.57. The molecule has 2 aromatic rings. The standard InChI is InChI=1S/C18H24N4O/c1-5-6-12-22(4)18(23)16-10-11-17(21-20-16)19-15-9-7-8-13(2)14(15)3/h7-11H,5-6,12H2,1-4H3,(H,19,21). The molecule has 122 valence electrons. The Morgan fingerprint density at radius 2 is 1.96 bits per heavy atom. The van der Waals surface area contributed by atoms with Crippen LogP contribution >= 0.6 is 0 Å². The fourth-order valence-corrected chi connectivity index (χ4v) is 2.23. The fourth-order valence-electron chi connectivity index (χ4n) is 2.23. The van der Waals surface area contributed by atoms with Crippen LogP contribution in [0, 0.1) is 13.8 Å². The number of amides is 1. The minimum atomic E-state index is -0.0933. The first kappa shape index (κ1) is 16.9. The summed E-state index contributed by atoms with van der Waals surface area (Å²) < 4.78 is 0. The molecule has 0 fully saturated rings. The number of hydrogen-bond acceptors (Lipinski definition) is 4. The molecule has 5 heteroatoms. The summed E-state index contributed by atoms with van der Waals surface area (Å²) in [5, 5.41) is 11.4. The van der Waals surface area contributed by atoms with E-state index in [0.717, 1.165) is 25.1 Å². The van der Waals surface area contributed by atoms with Crippen LogP contribution in [0.4, 0.5) is 11.5 Å². The predicted molar refractivity (Wildman–Crippen MR) is 93.1 cm³/mol. The lowest BCUT2D eigenvalue weighted by molar-refractivity contribution is 0.0786. The lowest BCUT2D eigenvalue weighted by Gasteiger charge is -2.16. The van der Waals surface area contributed by atoms with Crippen LogP contribution in [-0.2, 0) is 0 Å². The average molecular weight is 312 g/mol. The van der Waals surface area contributed by atoms with Crippen molar-refractivity contribution in [1.29, 1.82) is 0 Å². The van der Waals surface area contributed by atoms with Crippen LogP contribution in [0.5, 0.6) is 0 Å². The molecular formula is C18H24N4O. The van der Waals surface area contributed by atoms with E-state index in [1.807, 2.05) is 12.1 Å². The number of anilines is 2. The summed E-state index contributed by atoms with van der Waals surface area (Å²) in [7, 11) is 1.79. The third kappa shape index (κ3) is 4.28. The Kier molecular flexibility index (Phi) is 5.68. The molecule has 0 unspecified atom stereocenters. The van der Waals surface area contributed by atoms with Gasteiger partial charge in [-0.2, -0.15) is 0 Å². The highest BCUT2D eigenvalue weighted by Gasteiger charge is 2.13. The first-order chi connectivity index (χ1) is 11.0. The van der Waals surface area contributed by atoms with Gasteiger partial charge in [0.2, 0.25) is 0 Å². The summed E-state index contributed by atoms with van der Waals surface area (Å²) >= 11 is 0. The number of nitrogens with zero attached hydrogens (tertiary/aromatic N) is 3. The number of carbonyl (C=O) groups excluding carboxylic acids is 1. The number of aryl methyl sites for hydroxylation is 1. The molecule has 5 nitrogen and oxygen atoms in total. The monoisotopic (exact) mass is 312 g/mol. The zero-order valence-corrected chi connectivity index (χ0v) is 14.3. The van der Waals surface area contributed by atoms with Gasteiger partial charge >= 0.3 is 0 Å². The minimum absolute atomic E-state index is 0.0933. The second kappa shape index (κ2) is 7.72. The SMILES string of the molecule is CCCCN(C)C(=O)c1ccc(Nc2cccc(C)c2C)nn1. The highest BCUT2D eigenvalue weighted by molar-refractivity contribution is 5.92. The molecule has 0 saturated carbocycles. The molecule has 0 aliphatic carbocycles. The van der Waals surface area contributed by atoms with E-state index in [4.69, 9.17) is 0 Å². The van der Waals surface area contributed by atoms with Gasteiger partial charge in [-0.1, -0.05) is 25.5 Å². The molecule has 0 bridgehead atoms. The molecule has 23 heavy (non-hydrogen) atoms. The van der Waals surface area contributed by atoms with Gasteiger partial charge in [0.05, 0.1) is 0 Å². The molecule has 0 aliphatic rings. The Labute approximate surface area is 137 Å². The highest BCUT2D eigenvalue weighted by atomic mass is 16.2. The lowest BCUT2D eigenvalue weighted by Crippen LogP contribution is -2.28. The first-order valence-electron chi connectivity index (χ1n) is 7.95.